The van der Waals surface area contributed by atoms with E-state index in [0.29, 0.717) is 5.89 Å². The molecule has 3 aromatic rings. The van der Waals surface area contributed by atoms with Crippen LogP contribution in [0.5, 0.6) is 0 Å². The lowest BCUT2D eigenvalue weighted by Gasteiger charge is -1.95. The second-order valence-electron chi connectivity index (χ2n) is 4.87. The number of fused-ring (bicyclic) bond motifs is 1. The van der Waals surface area contributed by atoms with E-state index in [1.165, 1.54) is 5.56 Å². The number of halogens is 1. The number of benzene rings is 1. The van der Waals surface area contributed by atoms with E-state index in [1.54, 1.807) is 0 Å². The maximum absolute atomic E-state index is 5.91. The third kappa shape index (κ3) is 2.70. The standard InChI is InChI=1S/C16H17N2O.HI/c1-4-18-7-5-6-13(10-18)16-17-14-9-11(2)8-12(3)15(14)19-16;/h5-10H,4H2,1-3H3;1H/q+1;/p-1. The van der Waals surface area contributed by atoms with Crippen LogP contribution in [0.4, 0.5) is 0 Å². The van der Waals surface area contributed by atoms with Gasteiger partial charge in [0.05, 0.1) is 0 Å². The van der Waals surface area contributed by atoms with Crippen LogP contribution in [-0.4, -0.2) is 4.98 Å². The first-order valence-electron chi connectivity index (χ1n) is 6.54. The highest BCUT2D eigenvalue weighted by atomic mass is 127. The number of hydrogen-bond acceptors (Lipinski definition) is 2. The molecule has 3 nitrogen and oxygen atoms in total. The van der Waals surface area contributed by atoms with Gasteiger partial charge in [-0.3, -0.25) is 0 Å². The van der Waals surface area contributed by atoms with Crippen molar-refractivity contribution < 1.29 is 33.0 Å². The van der Waals surface area contributed by atoms with E-state index in [9.17, 15) is 0 Å². The van der Waals surface area contributed by atoms with Gasteiger partial charge in [-0.15, -0.1) is 0 Å². The van der Waals surface area contributed by atoms with Gasteiger partial charge in [0.1, 0.15) is 17.6 Å². The zero-order valence-electron chi connectivity index (χ0n) is 11.9. The summed E-state index contributed by atoms with van der Waals surface area (Å²) >= 11 is 0. The van der Waals surface area contributed by atoms with Crippen LogP contribution in [0.25, 0.3) is 22.6 Å². The highest BCUT2D eigenvalue weighted by molar-refractivity contribution is 5.79. The van der Waals surface area contributed by atoms with Crippen LogP contribution in [0.15, 0.2) is 41.1 Å². The maximum Gasteiger partial charge on any atom is 0.233 e. The van der Waals surface area contributed by atoms with E-state index >= 15 is 0 Å². The molecule has 1 aromatic carbocycles. The maximum atomic E-state index is 5.91. The van der Waals surface area contributed by atoms with Crippen molar-refractivity contribution in [1.29, 1.82) is 0 Å². The molecule has 3 rings (SSSR count). The molecule has 0 aliphatic heterocycles. The summed E-state index contributed by atoms with van der Waals surface area (Å²) in [6.07, 6.45) is 4.11. The molecule has 2 heterocycles. The Morgan fingerprint density at radius 2 is 2.05 bits per heavy atom. The van der Waals surface area contributed by atoms with Crippen molar-refractivity contribution in [3.8, 4) is 11.5 Å². The number of nitrogens with zero attached hydrogens (tertiary/aromatic N) is 2. The fourth-order valence-corrected chi connectivity index (χ4v) is 2.35. The molecule has 20 heavy (non-hydrogen) atoms. The van der Waals surface area contributed by atoms with Gasteiger partial charge in [-0.2, -0.15) is 0 Å². The largest absolute Gasteiger partial charge is 1.00 e. The molecule has 0 radical (unpaired) electrons. The van der Waals surface area contributed by atoms with Crippen molar-refractivity contribution in [1.82, 2.24) is 4.98 Å². The Bertz CT molecular complexity index is 749. The predicted molar refractivity (Wildman–Crippen MR) is 74.8 cm³/mol. The molecule has 0 amide bonds. The Morgan fingerprint density at radius 3 is 2.80 bits per heavy atom. The molecule has 104 valence electrons. The molecule has 4 heteroatoms. The molecule has 0 atom stereocenters. The minimum atomic E-state index is 0. The monoisotopic (exact) mass is 380 g/mol. The average molecular weight is 380 g/mol. The SMILES string of the molecule is CC[n+]1cccc(-c2nc3cc(C)cc(C)c3o2)c1.[I-]. The number of aromatic nitrogens is 2. The molecule has 0 fully saturated rings. The van der Waals surface area contributed by atoms with Crippen LogP contribution < -0.4 is 28.5 Å². The normalized spacial score (nSPS) is 10.6. The van der Waals surface area contributed by atoms with E-state index in [0.717, 1.165) is 28.8 Å². The van der Waals surface area contributed by atoms with Crippen molar-refractivity contribution in [2.75, 3.05) is 0 Å². The number of pyridine rings is 1. The lowest BCUT2D eigenvalue weighted by Crippen LogP contribution is -3.00. The van der Waals surface area contributed by atoms with E-state index < -0.39 is 0 Å². The predicted octanol–water partition coefficient (Wildman–Crippen LogP) is 0.423. The summed E-state index contributed by atoms with van der Waals surface area (Å²) in [6.45, 7) is 7.19. The summed E-state index contributed by atoms with van der Waals surface area (Å²) in [5, 5.41) is 0. The minimum Gasteiger partial charge on any atom is -1.00 e. The second kappa shape index (κ2) is 5.91. The Hall–Kier alpha value is -1.43. The van der Waals surface area contributed by atoms with Crippen LogP contribution in [0, 0.1) is 13.8 Å². The highest BCUT2D eigenvalue weighted by Crippen LogP contribution is 2.26. The summed E-state index contributed by atoms with van der Waals surface area (Å²) in [4.78, 5) is 4.60. The first kappa shape index (κ1) is 15.0. The molecule has 2 aromatic heterocycles. The van der Waals surface area contributed by atoms with Gasteiger partial charge in [0.25, 0.3) is 0 Å². The molecule has 0 aliphatic carbocycles. The number of hydrogen-bond donors (Lipinski definition) is 0. The third-order valence-corrected chi connectivity index (χ3v) is 3.29. The first-order valence-corrected chi connectivity index (χ1v) is 6.54. The quantitative estimate of drug-likeness (QED) is 0.477. The van der Waals surface area contributed by atoms with Gasteiger partial charge in [0.15, 0.2) is 18.0 Å². The van der Waals surface area contributed by atoms with E-state index in [-0.39, 0.29) is 24.0 Å². The molecular weight excluding hydrogens is 363 g/mol. The summed E-state index contributed by atoms with van der Waals surface area (Å²) in [5.41, 5.74) is 5.17. The lowest BCUT2D eigenvalue weighted by atomic mass is 10.1. The lowest BCUT2D eigenvalue weighted by molar-refractivity contribution is -0.693. The molecule has 0 spiro atoms. The molecule has 0 N–H and O–H groups in total. The van der Waals surface area contributed by atoms with E-state index in [1.807, 2.05) is 18.3 Å². The zero-order chi connectivity index (χ0) is 13.4. The molecule has 0 saturated heterocycles. The molecule has 0 unspecified atom stereocenters. The van der Waals surface area contributed by atoms with E-state index in [2.05, 4.69) is 48.7 Å². The van der Waals surface area contributed by atoms with Crippen molar-refractivity contribution in [3.63, 3.8) is 0 Å². The topological polar surface area (TPSA) is 29.9 Å². The highest BCUT2D eigenvalue weighted by Gasteiger charge is 2.13. The first-order chi connectivity index (χ1) is 9.17. The summed E-state index contributed by atoms with van der Waals surface area (Å²) in [6, 6.07) is 8.23. The van der Waals surface area contributed by atoms with Crippen molar-refractivity contribution in [2.45, 2.75) is 27.3 Å². The van der Waals surface area contributed by atoms with Crippen LogP contribution in [-0.2, 0) is 6.54 Å². The van der Waals surface area contributed by atoms with Crippen LogP contribution in [0.2, 0.25) is 0 Å². The average Bonchev–Trinajstić information content (AvgIpc) is 2.83. The fourth-order valence-electron chi connectivity index (χ4n) is 2.35. The molecule has 0 saturated carbocycles. The third-order valence-electron chi connectivity index (χ3n) is 3.29. The van der Waals surface area contributed by atoms with Gasteiger partial charge in [-0.05, 0) is 44.0 Å². The minimum absolute atomic E-state index is 0. The summed E-state index contributed by atoms with van der Waals surface area (Å²) < 4.78 is 8.03. The van der Waals surface area contributed by atoms with Crippen LogP contribution in [0.1, 0.15) is 18.1 Å². The Morgan fingerprint density at radius 1 is 1.25 bits per heavy atom. The summed E-state index contributed by atoms with van der Waals surface area (Å²) in [7, 11) is 0. The number of rotatable bonds is 2. The van der Waals surface area contributed by atoms with Crippen LogP contribution >= 0.6 is 0 Å². The van der Waals surface area contributed by atoms with Gasteiger partial charge in [-0.25, -0.2) is 9.55 Å². The smallest absolute Gasteiger partial charge is 0.233 e. The van der Waals surface area contributed by atoms with Crippen molar-refractivity contribution >= 4 is 11.1 Å². The Kier molecular flexibility index (Phi) is 4.42. The molecular formula is C16H17IN2O. The summed E-state index contributed by atoms with van der Waals surface area (Å²) in [5.74, 6) is 0.687. The number of oxazole rings is 1. The second-order valence-corrected chi connectivity index (χ2v) is 4.87. The van der Waals surface area contributed by atoms with E-state index in [4.69, 9.17) is 4.42 Å². The van der Waals surface area contributed by atoms with Crippen LogP contribution in [0.3, 0.4) is 0 Å². The van der Waals surface area contributed by atoms with Gasteiger partial charge < -0.3 is 28.4 Å². The molecule has 0 aliphatic rings. The number of aryl methyl sites for hydroxylation is 3. The van der Waals surface area contributed by atoms with Gasteiger partial charge in [0, 0.05) is 6.07 Å². The van der Waals surface area contributed by atoms with Crippen molar-refractivity contribution in [2.24, 2.45) is 0 Å². The van der Waals surface area contributed by atoms with Gasteiger partial charge >= 0.3 is 0 Å². The van der Waals surface area contributed by atoms with Crippen molar-refractivity contribution in [3.05, 3.63) is 47.8 Å². The van der Waals surface area contributed by atoms with Gasteiger partial charge in [0.2, 0.25) is 5.89 Å². The fraction of sp³-hybridized carbons (Fsp3) is 0.250. The van der Waals surface area contributed by atoms with Gasteiger partial charge in [-0.1, -0.05) is 6.07 Å². The zero-order valence-corrected chi connectivity index (χ0v) is 14.0. The Balaban J connectivity index is 0.00000147. The molecule has 0 bridgehead atoms. The Labute approximate surface area is 135 Å².